The van der Waals surface area contributed by atoms with Crippen molar-refractivity contribution in [2.24, 2.45) is 11.8 Å². The van der Waals surface area contributed by atoms with Crippen molar-refractivity contribution in [2.75, 3.05) is 0 Å². The van der Waals surface area contributed by atoms with Crippen molar-refractivity contribution in [2.45, 2.75) is 38.6 Å². The van der Waals surface area contributed by atoms with Crippen LogP contribution >= 0.6 is 0 Å². The fourth-order valence-electron chi connectivity index (χ4n) is 2.50. The minimum atomic E-state index is -0.869. The molecule has 0 spiro atoms. The molecular weight excluding hydrogens is 200 g/mol. The van der Waals surface area contributed by atoms with Crippen LogP contribution in [0.3, 0.4) is 0 Å². The SMILES string of the molecule is CC(=O)OC1C2O[C@@H](CC2C(=O)O)[C@H]1C. The minimum absolute atomic E-state index is 0.0829. The summed E-state index contributed by atoms with van der Waals surface area (Å²) < 4.78 is 10.6. The van der Waals surface area contributed by atoms with E-state index in [2.05, 4.69) is 0 Å². The monoisotopic (exact) mass is 214 g/mol. The number of carboxylic acids is 1. The van der Waals surface area contributed by atoms with Crippen LogP contribution < -0.4 is 0 Å². The Morgan fingerprint density at radius 1 is 1.47 bits per heavy atom. The summed E-state index contributed by atoms with van der Waals surface area (Å²) in [5.74, 6) is -1.69. The van der Waals surface area contributed by atoms with Crippen LogP contribution in [-0.2, 0) is 19.1 Å². The first-order chi connectivity index (χ1) is 7.00. The van der Waals surface area contributed by atoms with E-state index in [1.807, 2.05) is 6.92 Å². The number of hydrogen-bond acceptors (Lipinski definition) is 4. The molecule has 0 amide bonds. The largest absolute Gasteiger partial charge is 0.481 e. The number of rotatable bonds is 2. The van der Waals surface area contributed by atoms with Gasteiger partial charge in [0.2, 0.25) is 0 Å². The maximum atomic E-state index is 10.9. The Labute approximate surface area is 87.4 Å². The zero-order valence-corrected chi connectivity index (χ0v) is 8.67. The molecule has 0 aromatic carbocycles. The van der Waals surface area contributed by atoms with Crippen LogP contribution in [0.4, 0.5) is 0 Å². The van der Waals surface area contributed by atoms with Gasteiger partial charge in [-0.25, -0.2) is 0 Å². The van der Waals surface area contributed by atoms with Gasteiger partial charge in [-0.05, 0) is 6.42 Å². The van der Waals surface area contributed by atoms with Crippen LogP contribution in [0, 0.1) is 11.8 Å². The van der Waals surface area contributed by atoms with Gasteiger partial charge in [-0.15, -0.1) is 0 Å². The summed E-state index contributed by atoms with van der Waals surface area (Å²) in [6.07, 6.45) is -0.423. The smallest absolute Gasteiger partial charge is 0.309 e. The molecule has 0 aliphatic carbocycles. The Hall–Kier alpha value is -1.10. The maximum Gasteiger partial charge on any atom is 0.309 e. The molecule has 0 saturated carbocycles. The molecule has 2 bridgehead atoms. The van der Waals surface area contributed by atoms with E-state index < -0.39 is 24.1 Å². The predicted molar refractivity (Wildman–Crippen MR) is 49.1 cm³/mol. The molecule has 1 N–H and O–H groups in total. The van der Waals surface area contributed by atoms with Crippen LogP contribution in [0.15, 0.2) is 0 Å². The quantitative estimate of drug-likeness (QED) is 0.674. The highest BCUT2D eigenvalue weighted by atomic mass is 16.6. The van der Waals surface area contributed by atoms with E-state index in [-0.39, 0.29) is 18.0 Å². The molecule has 3 unspecified atom stereocenters. The molecule has 0 aromatic heterocycles. The summed E-state index contributed by atoms with van der Waals surface area (Å²) in [6, 6.07) is 0. The second kappa shape index (κ2) is 3.48. The molecule has 5 nitrogen and oxygen atoms in total. The molecule has 0 aromatic rings. The lowest BCUT2D eigenvalue weighted by atomic mass is 9.81. The molecule has 84 valence electrons. The molecule has 5 atom stereocenters. The van der Waals surface area contributed by atoms with Gasteiger partial charge in [0.05, 0.1) is 12.0 Å². The van der Waals surface area contributed by atoms with Crippen LogP contribution in [0.5, 0.6) is 0 Å². The first kappa shape index (κ1) is 10.4. The Bertz CT molecular complexity index is 300. The molecule has 2 saturated heterocycles. The van der Waals surface area contributed by atoms with E-state index in [4.69, 9.17) is 14.6 Å². The highest BCUT2D eigenvalue weighted by molar-refractivity contribution is 5.72. The second-order valence-corrected chi connectivity index (χ2v) is 4.25. The average Bonchev–Trinajstić information content (AvgIpc) is 2.66. The summed E-state index contributed by atoms with van der Waals surface area (Å²) in [6.45, 7) is 3.25. The Morgan fingerprint density at radius 2 is 2.13 bits per heavy atom. The molecular formula is C10H14O5. The van der Waals surface area contributed by atoms with Crippen molar-refractivity contribution >= 4 is 11.9 Å². The van der Waals surface area contributed by atoms with Gasteiger partial charge in [0.1, 0.15) is 12.2 Å². The van der Waals surface area contributed by atoms with Gasteiger partial charge in [0.15, 0.2) is 0 Å². The topological polar surface area (TPSA) is 72.8 Å². The second-order valence-electron chi connectivity index (χ2n) is 4.25. The molecule has 2 fully saturated rings. The van der Waals surface area contributed by atoms with E-state index in [1.54, 1.807) is 0 Å². The van der Waals surface area contributed by atoms with Gasteiger partial charge in [-0.3, -0.25) is 9.59 Å². The van der Waals surface area contributed by atoms with Crippen molar-refractivity contribution in [3.8, 4) is 0 Å². The van der Waals surface area contributed by atoms with Gasteiger partial charge in [0.25, 0.3) is 0 Å². The third-order valence-electron chi connectivity index (χ3n) is 3.26. The predicted octanol–water partition coefficient (Wildman–Crippen LogP) is 0.426. The summed E-state index contributed by atoms with van der Waals surface area (Å²) in [5, 5.41) is 8.95. The number of aliphatic carboxylic acids is 1. The number of hydrogen-bond donors (Lipinski definition) is 1. The molecule has 2 rings (SSSR count). The Balaban J connectivity index is 2.12. The molecule has 2 heterocycles. The lowest BCUT2D eigenvalue weighted by molar-refractivity contribution is -0.157. The third-order valence-corrected chi connectivity index (χ3v) is 3.26. The van der Waals surface area contributed by atoms with E-state index in [9.17, 15) is 9.59 Å². The van der Waals surface area contributed by atoms with Crippen molar-refractivity contribution in [3.05, 3.63) is 0 Å². The van der Waals surface area contributed by atoms with Crippen LogP contribution in [0.25, 0.3) is 0 Å². The standard InChI is InChI=1S/C10H14O5/c1-4-7-3-6(10(12)13)9(15-7)8(4)14-5(2)11/h4,6-9H,3H2,1-2H3,(H,12,13)/t4-,6?,7+,8?,9?/m1/s1. The molecule has 15 heavy (non-hydrogen) atoms. The number of carboxylic acid groups (broad SMARTS) is 1. The summed E-state index contributed by atoms with van der Waals surface area (Å²) in [7, 11) is 0. The van der Waals surface area contributed by atoms with Crippen LogP contribution in [0.2, 0.25) is 0 Å². The normalized spacial score (nSPS) is 42.9. The van der Waals surface area contributed by atoms with Gasteiger partial charge in [0, 0.05) is 12.8 Å². The first-order valence-electron chi connectivity index (χ1n) is 5.06. The highest BCUT2D eigenvalue weighted by Crippen LogP contribution is 2.44. The zero-order valence-electron chi connectivity index (χ0n) is 8.67. The van der Waals surface area contributed by atoms with E-state index >= 15 is 0 Å². The summed E-state index contributed by atoms with van der Waals surface area (Å²) >= 11 is 0. The number of carbonyl (C=O) groups is 2. The fraction of sp³-hybridized carbons (Fsp3) is 0.800. The molecule has 2 aliphatic heterocycles. The summed E-state index contributed by atoms with van der Waals surface area (Å²) in [4.78, 5) is 21.8. The fourth-order valence-corrected chi connectivity index (χ4v) is 2.50. The lowest BCUT2D eigenvalue weighted by Crippen LogP contribution is -2.42. The molecule has 2 aliphatic rings. The Kier molecular flexibility index (Phi) is 2.42. The number of fused-ring (bicyclic) bond motifs is 2. The van der Waals surface area contributed by atoms with Crippen LogP contribution in [0.1, 0.15) is 20.3 Å². The molecule has 0 radical (unpaired) electrons. The third kappa shape index (κ3) is 1.61. The van der Waals surface area contributed by atoms with Gasteiger partial charge < -0.3 is 14.6 Å². The van der Waals surface area contributed by atoms with E-state index in [1.165, 1.54) is 6.92 Å². The van der Waals surface area contributed by atoms with Crippen LogP contribution in [-0.4, -0.2) is 35.4 Å². The van der Waals surface area contributed by atoms with Crippen molar-refractivity contribution in [1.82, 2.24) is 0 Å². The maximum absolute atomic E-state index is 10.9. The van der Waals surface area contributed by atoms with Gasteiger partial charge in [-0.2, -0.15) is 0 Å². The first-order valence-corrected chi connectivity index (χ1v) is 5.06. The van der Waals surface area contributed by atoms with Crippen molar-refractivity contribution < 1.29 is 24.2 Å². The van der Waals surface area contributed by atoms with Gasteiger partial charge in [-0.1, -0.05) is 6.92 Å². The minimum Gasteiger partial charge on any atom is -0.481 e. The summed E-state index contributed by atoms with van der Waals surface area (Å²) in [5.41, 5.74) is 0. The zero-order chi connectivity index (χ0) is 11.2. The molecule has 5 heteroatoms. The number of carbonyl (C=O) groups excluding carboxylic acids is 1. The Morgan fingerprint density at radius 3 is 2.60 bits per heavy atom. The van der Waals surface area contributed by atoms with Crippen molar-refractivity contribution in [1.29, 1.82) is 0 Å². The van der Waals surface area contributed by atoms with E-state index in [0.717, 1.165) is 0 Å². The average molecular weight is 214 g/mol. The van der Waals surface area contributed by atoms with E-state index in [0.29, 0.717) is 6.42 Å². The highest BCUT2D eigenvalue weighted by Gasteiger charge is 2.56. The number of esters is 1. The lowest BCUT2D eigenvalue weighted by Gasteiger charge is -2.27. The van der Waals surface area contributed by atoms with Crippen molar-refractivity contribution in [3.63, 3.8) is 0 Å². The number of ether oxygens (including phenoxy) is 2. The van der Waals surface area contributed by atoms with Gasteiger partial charge >= 0.3 is 11.9 Å².